The predicted octanol–water partition coefficient (Wildman–Crippen LogP) is 11.9. The van der Waals surface area contributed by atoms with Gasteiger partial charge in [-0.1, -0.05) is 106 Å². The minimum absolute atomic E-state index is 0.0282. The highest BCUT2D eigenvalue weighted by molar-refractivity contribution is 7.99. The van der Waals surface area contributed by atoms with Crippen LogP contribution in [0.5, 0.6) is 0 Å². The number of amides is 5. The van der Waals surface area contributed by atoms with E-state index < -0.39 is 82.3 Å². The number of carbonyl (C=O) groups excluding carboxylic acids is 5. The number of thioether (sulfide) groups is 1. The Morgan fingerprint density at radius 3 is 2.13 bits per heavy atom. The maximum absolute atomic E-state index is 14.5. The molecule has 5 aromatic carbocycles. The van der Waals surface area contributed by atoms with Crippen LogP contribution in [0.2, 0.25) is 5.02 Å². The molecule has 640 valence electrons. The Kier molecular flexibility index (Phi) is 30.1. The van der Waals surface area contributed by atoms with Crippen LogP contribution in [0.3, 0.4) is 0 Å². The van der Waals surface area contributed by atoms with E-state index in [2.05, 4.69) is 79.8 Å². The number of aromatic nitrogens is 3. The topological polar surface area (TPSA) is 301 Å². The largest absolute Gasteiger partial charge is 0.501 e. The molecule has 4 aliphatic heterocycles. The molecule has 119 heavy (non-hydrogen) atoms. The number of ether oxygens (including phenoxy) is 1. The minimum atomic E-state index is -6.12. The number of sulfonamides is 1. The van der Waals surface area contributed by atoms with Crippen molar-refractivity contribution >= 4 is 107 Å². The average molecular weight is 1730 g/mol. The highest BCUT2D eigenvalue weighted by Gasteiger charge is 2.49. The van der Waals surface area contributed by atoms with Crippen LogP contribution in [0.1, 0.15) is 142 Å². The molecule has 4 saturated heterocycles. The molecule has 5 aliphatic rings. The first-order valence-corrected chi connectivity index (χ1v) is 45.9. The number of anilines is 3. The number of sulfone groups is 1. The van der Waals surface area contributed by atoms with Gasteiger partial charge in [0, 0.05) is 163 Å². The van der Waals surface area contributed by atoms with Crippen LogP contribution < -0.4 is 35.8 Å². The molecular weight excluding hydrogens is 1630 g/mol. The van der Waals surface area contributed by atoms with E-state index in [-0.39, 0.29) is 54.1 Å². The lowest BCUT2D eigenvalue weighted by atomic mass is 9.71. The third-order valence-electron chi connectivity index (χ3n) is 22.9. The van der Waals surface area contributed by atoms with Gasteiger partial charge in [0.2, 0.25) is 23.7 Å². The van der Waals surface area contributed by atoms with Crippen molar-refractivity contribution in [3.05, 3.63) is 178 Å². The number of aryl methyl sites for hydroxylation is 1. The molecule has 0 radical (unpaired) electrons. The number of alkyl halides is 3. The number of hydrogen-bond donors (Lipinski definition) is 6. The summed E-state index contributed by atoms with van der Waals surface area (Å²) in [5.41, 5.74) is 2.68. The van der Waals surface area contributed by atoms with Gasteiger partial charge in [-0.2, -0.15) is 13.2 Å². The average Bonchev–Trinajstić information content (AvgIpc) is 1.42. The SMILES string of the molecule is Cc1ncsc1-c1ccc([C@H](C)NC(=O)[C@@H]2C[C@@H](O)CN2C(=O)C(NC(=O)CCCCCNC(=O)c2cnc(N3CCN(CC4(C)CCC(c5ccc(Cl)cc5)=C(CN5CCN(c6ccc(C(=O)NS(=O)(=O)c7ccc(NC(CCN8CCCOCC8)CSc8ccccc8)c(S(=O)(=O)C(F)(F)F)c7)cc6)CC5)C4)CC3)nc2)C(C)(C)C)cc1. The number of aliphatic hydroxyl groups excluding tert-OH is 1. The molecule has 33 heteroatoms. The number of allylic oxidation sites excluding steroid dienone is 1. The zero-order valence-corrected chi connectivity index (χ0v) is 72.2. The number of thiazole rings is 1. The van der Waals surface area contributed by atoms with E-state index in [4.69, 9.17) is 16.3 Å². The zero-order valence-electron chi connectivity index (χ0n) is 68.2. The molecule has 4 fully saturated rings. The van der Waals surface area contributed by atoms with Gasteiger partial charge in [0.15, 0.2) is 0 Å². The number of likely N-dealkylation sites (tertiary alicyclic amines) is 1. The number of nitrogens with zero attached hydrogens (tertiary/aromatic N) is 9. The fourth-order valence-corrected chi connectivity index (χ4v) is 20.1. The number of halogens is 4. The second-order valence-electron chi connectivity index (χ2n) is 33.0. The number of benzene rings is 5. The quantitative estimate of drug-likeness (QED) is 0.0169. The van der Waals surface area contributed by atoms with Crippen LogP contribution in [0.25, 0.3) is 16.0 Å². The van der Waals surface area contributed by atoms with Crippen LogP contribution in [-0.2, 0) is 39.0 Å². The predicted molar refractivity (Wildman–Crippen MR) is 459 cm³/mol. The highest BCUT2D eigenvalue weighted by atomic mass is 35.5. The van der Waals surface area contributed by atoms with E-state index in [9.17, 15) is 59.1 Å². The van der Waals surface area contributed by atoms with Crippen molar-refractivity contribution in [1.82, 2.24) is 55.2 Å². The van der Waals surface area contributed by atoms with Crippen molar-refractivity contribution in [1.29, 1.82) is 0 Å². The Bertz CT molecular complexity index is 4910. The molecule has 7 aromatic rings. The molecule has 6 heterocycles. The van der Waals surface area contributed by atoms with Gasteiger partial charge in [-0.3, -0.25) is 33.8 Å². The van der Waals surface area contributed by atoms with Gasteiger partial charge >= 0.3 is 5.51 Å². The number of β-amino-alcohol motifs (C(OH)–C–C–N with tert-alkyl or cyclic N) is 1. The van der Waals surface area contributed by atoms with Crippen LogP contribution in [0.15, 0.2) is 159 Å². The lowest BCUT2D eigenvalue weighted by Crippen LogP contribution is -2.57. The summed E-state index contributed by atoms with van der Waals surface area (Å²) in [6, 6.07) is 31.3. The molecule has 25 nitrogen and oxygen atoms in total. The van der Waals surface area contributed by atoms with Crippen molar-refractivity contribution in [3.63, 3.8) is 0 Å². The molecule has 5 amide bonds. The molecule has 12 rings (SSSR count). The Morgan fingerprint density at radius 1 is 0.756 bits per heavy atom. The molecule has 2 aromatic heterocycles. The van der Waals surface area contributed by atoms with Crippen molar-refractivity contribution < 1.29 is 63.8 Å². The molecule has 0 saturated carbocycles. The summed E-state index contributed by atoms with van der Waals surface area (Å²) in [5.74, 6) is -1.60. The van der Waals surface area contributed by atoms with Gasteiger partial charge in [-0.05, 0) is 159 Å². The number of nitrogens with one attached hydrogen (secondary N) is 5. The summed E-state index contributed by atoms with van der Waals surface area (Å²) < 4.78 is 105. The van der Waals surface area contributed by atoms with Crippen LogP contribution >= 0.6 is 34.7 Å². The van der Waals surface area contributed by atoms with Crippen molar-refractivity contribution in [2.75, 3.05) is 132 Å². The molecule has 0 spiro atoms. The highest BCUT2D eigenvalue weighted by Crippen LogP contribution is 2.45. The Morgan fingerprint density at radius 2 is 1.45 bits per heavy atom. The monoisotopic (exact) mass is 1730 g/mol. The molecule has 1 aliphatic carbocycles. The Hall–Kier alpha value is -8.57. The van der Waals surface area contributed by atoms with E-state index in [1.807, 2.05) is 112 Å². The first-order chi connectivity index (χ1) is 56.8. The maximum Gasteiger partial charge on any atom is 0.501 e. The summed E-state index contributed by atoms with van der Waals surface area (Å²) in [6.45, 7) is 22.6. The number of piperazine rings is 2. The third kappa shape index (κ3) is 23.8. The number of aliphatic hydroxyl groups is 1. The number of rotatable bonds is 32. The normalized spacial score (nSPS) is 19.7. The van der Waals surface area contributed by atoms with Gasteiger partial charge in [0.05, 0.1) is 51.0 Å². The third-order valence-corrected chi connectivity index (χ3v) is 28.1. The minimum Gasteiger partial charge on any atom is -0.391 e. The molecule has 3 unspecified atom stereocenters. The standard InChI is InChI=1S/C86H108ClF3N14O11S4/c1-58(60-17-19-62(20-18-60)77-59(2)94-57-117-77)95-81(109)74-48-69(105)54-104(74)82(110)78(84(3,4)5)97-76(106)16-11-8-12-34-91-79(107)65-51-92-83(93-52-65)103-43-39-101(40-44-103)56-85(6)33-31-72(61-21-25-66(87)26-22-61)64(50-85)53-100-37-41-102(42-38-100)68-27-23-63(24-28-68)80(108)98-119(113,114)71-29-30-73(75(49-71)118(111,112)86(88,89)90)96-67(55-116-70-14-9-7-10-15-70)32-36-99-35-13-46-115-47-45-99/h7,9-10,14-15,17-30,49,51-52,57-58,67,69,74,78,96,105H,8,11-13,16,31-48,50,53-56H2,1-6H3,(H,91,107)(H,95,109)(H,97,106)(H,98,108)/t58-,67?,69+,74-,78?,85?/m0/s1. The van der Waals surface area contributed by atoms with Crippen molar-refractivity contribution in [3.8, 4) is 10.4 Å². The van der Waals surface area contributed by atoms with Crippen LogP contribution in [0.4, 0.5) is 30.5 Å². The molecule has 6 N–H and O–H groups in total. The summed E-state index contributed by atoms with van der Waals surface area (Å²) in [6.07, 6.45) is 8.17. The van der Waals surface area contributed by atoms with Gasteiger partial charge < -0.3 is 50.7 Å². The zero-order chi connectivity index (χ0) is 84.8. The second-order valence-corrected chi connectivity index (χ2v) is 38.9. The van der Waals surface area contributed by atoms with Gasteiger partial charge in [0.25, 0.3) is 31.7 Å². The molecule has 6 atom stereocenters. The van der Waals surface area contributed by atoms with Gasteiger partial charge in [0.1, 0.15) is 17.0 Å². The number of carbonyl (C=O) groups is 5. The lowest BCUT2D eigenvalue weighted by molar-refractivity contribution is -0.144. The second kappa shape index (κ2) is 40.0. The maximum atomic E-state index is 14.5. The number of hydrogen-bond acceptors (Lipinski definition) is 22. The Labute approximate surface area is 709 Å². The van der Waals surface area contributed by atoms with E-state index in [0.29, 0.717) is 113 Å². The summed E-state index contributed by atoms with van der Waals surface area (Å²) >= 11 is 9.41. The lowest BCUT2D eigenvalue weighted by Gasteiger charge is -2.44. The van der Waals surface area contributed by atoms with E-state index >= 15 is 0 Å². The fourth-order valence-electron chi connectivity index (χ4n) is 16.1. The molecule has 0 bridgehead atoms. The fraction of sp³-hybridized carbons (Fsp3) is 0.488. The van der Waals surface area contributed by atoms with Crippen LogP contribution in [-0.4, -0.2) is 233 Å². The summed E-state index contributed by atoms with van der Waals surface area (Å²) in [7, 11) is -11.0. The van der Waals surface area contributed by atoms with E-state index in [0.717, 1.165) is 121 Å². The smallest absolute Gasteiger partial charge is 0.391 e. The van der Waals surface area contributed by atoms with E-state index in [1.165, 1.54) is 39.9 Å². The van der Waals surface area contributed by atoms with Gasteiger partial charge in [-0.15, -0.1) is 23.1 Å². The first-order valence-electron chi connectivity index (χ1n) is 40.7. The summed E-state index contributed by atoms with van der Waals surface area (Å²) in [4.78, 5) is 94.8. The van der Waals surface area contributed by atoms with Crippen molar-refractivity contribution in [2.45, 2.75) is 156 Å². The molecular formula is C86H108ClF3N14O11S4. The summed E-state index contributed by atoms with van der Waals surface area (Å²) in [5, 5.41) is 23.4. The van der Waals surface area contributed by atoms with Crippen molar-refractivity contribution in [2.24, 2.45) is 10.8 Å². The Balaban J connectivity index is 0.578. The van der Waals surface area contributed by atoms with Gasteiger partial charge in [-0.25, -0.2) is 36.5 Å². The van der Waals surface area contributed by atoms with E-state index in [1.54, 1.807) is 35.9 Å². The first kappa shape index (κ1) is 89.7. The number of unbranched alkanes of at least 4 members (excludes halogenated alkanes) is 2. The van der Waals surface area contributed by atoms with Crippen LogP contribution in [0, 0.1) is 17.8 Å².